The highest BCUT2D eigenvalue weighted by Crippen LogP contribution is 2.45. The van der Waals surface area contributed by atoms with Crippen LogP contribution in [0.4, 0.5) is 37.8 Å². The minimum absolute atomic E-state index is 0.172. The van der Waals surface area contributed by atoms with Gasteiger partial charge in [-0.3, -0.25) is 4.79 Å². The number of nitrogens with zero attached hydrogens (tertiary/aromatic N) is 2. The Labute approximate surface area is 201 Å². The van der Waals surface area contributed by atoms with Crippen molar-refractivity contribution in [3.63, 3.8) is 0 Å². The summed E-state index contributed by atoms with van der Waals surface area (Å²) < 4.78 is 91.9. The second-order valence-corrected chi connectivity index (χ2v) is 7.99. The number of rotatable bonds is 5. The molecule has 0 saturated heterocycles. The maximum absolute atomic E-state index is 13.9. The van der Waals surface area contributed by atoms with E-state index >= 15 is 0 Å². The monoisotopic (exact) mass is 514 g/mol. The molecule has 13 heteroatoms. The lowest BCUT2D eigenvalue weighted by Gasteiger charge is -2.34. The zero-order valence-corrected chi connectivity index (χ0v) is 18.9. The summed E-state index contributed by atoms with van der Waals surface area (Å²) in [4.78, 5) is 12.9. The highest BCUT2D eigenvalue weighted by molar-refractivity contribution is 6.07. The van der Waals surface area contributed by atoms with Gasteiger partial charge in [0.05, 0.1) is 32.0 Å². The number of anilines is 2. The smallest absolute Gasteiger partial charge is 0.416 e. The SMILES string of the molecule is COc1ccc([C@@H]2C[C@H](C(F)(F)F)n3ncc(C(=O)Nc4cccc(C(F)(F)F)c4)c3N2)cc1OC. The molecule has 7 nitrogen and oxygen atoms in total. The zero-order valence-electron chi connectivity index (χ0n) is 18.9. The molecule has 2 heterocycles. The molecule has 2 aromatic carbocycles. The lowest BCUT2D eigenvalue weighted by molar-refractivity contribution is -0.173. The van der Waals surface area contributed by atoms with Crippen molar-refractivity contribution in [2.75, 3.05) is 24.9 Å². The molecule has 0 bridgehead atoms. The van der Waals surface area contributed by atoms with Crippen molar-refractivity contribution >= 4 is 17.4 Å². The van der Waals surface area contributed by atoms with E-state index in [4.69, 9.17) is 9.47 Å². The molecule has 4 rings (SSSR count). The molecule has 1 amide bonds. The number of halogens is 6. The van der Waals surface area contributed by atoms with E-state index in [1.165, 1.54) is 26.4 Å². The first kappa shape index (κ1) is 25.2. The predicted molar refractivity (Wildman–Crippen MR) is 117 cm³/mol. The second kappa shape index (κ2) is 9.28. The fourth-order valence-corrected chi connectivity index (χ4v) is 3.99. The maximum Gasteiger partial charge on any atom is 0.416 e. The highest BCUT2D eigenvalue weighted by atomic mass is 19.4. The van der Waals surface area contributed by atoms with E-state index in [-0.39, 0.29) is 17.1 Å². The van der Waals surface area contributed by atoms with Crippen molar-refractivity contribution in [1.82, 2.24) is 9.78 Å². The first-order valence-corrected chi connectivity index (χ1v) is 10.5. The van der Waals surface area contributed by atoms with Gasteiger partial charge in [0.1, 0.15) is 11.4 Å². The van der Waals surface area contributed by atoms with Gasteiger partial charge in [-0.15, -0.1) is 0 Å². The third-order valence-electron chi connectivity index (χ3n) is 5.74. The molecule has 1 aromatic heterocycles. The standard InChI is InChI=1S/C23H20F6N4O3/c1-35-17-7-6-12(8-18(17)36-2)16-10-19(23(27,28)29)33-20(32-16)15(11-30-33)21(34)31-14-5-3-4-13(9-14)22(24,25)26/h3-9,11,16,19,32H,10H2,1-2H3,(H,31,34)/t16-,19+/m0/s1. The fourth-order valence-electron chi connectivity index (χ4n) is 3.99. The van der Waals surface area contributed by atoms with Gasteiger partial charge >= 0.3 is 12.4 Å². The van der Waals surface area contributed by atoms with Gasteiger partial charge in [-0.05, 0) is 35.9 Å². The summed E-state index contributed by atoms with van der Waals surface area (Å²) in [6.07, 6.45) is -8.80. The number of nitrogens with one attached hydrogen (secondary N) is 2. The van der Waals surface area contributed by atoms with Crippen LogP contribution < -0.4 is 20.1 Å². The van der Waals surface area contributed by atoms with Crippen LogP contribution >= 0.6 is 0 Å². The fraction of sp³-hybridized carbons (Fsp3) is 0.304. The number of carbonyl (C=O) groups excluding carboxylic acids is 1. The third kappa shape index (κ3) is 4.90. The average Bonchev–Trinajstić information content (AvgIpc) is 3.26. The Morgan fingerprint density at radius 1 is 1.06 bits per heavy atom. The number of aromatic nitrogens is 2. The van der Waals surface area contributed by atoms with Crippen molar-refractivity contribution in [1.29, 1.82) is 0 Å². The topological polar surface area (TPSA) is 77.4 Å². The number of amides is 1. The summed E-state index contributed by atoms with van der Waals surface area (Å²) in [6.45, 7) is 0. The molecule has 2 N–H and O–H groups in total. The van der Waals surface area contributed by atoms with Crippen molar-refractivity contribution in [3.05, 3.63) is 65.4 Å². The number of benzene rings is 2. The largest absolute Gasteiger partial charge is 0.493 e. The van der Waals surface area contributed by atoms with Gasteiger partial charge in [0.2, 0.25) is 0 Å². The summed E-state index contributed by atoms with van der Waals surface area (Å²) in [5.41, 5.74) is -0.971. The van der Waals surface area contributed by atoms with Crippen molar-refractivity contribution in [3.8, 4) is 11.5 Å². The number of hydrogen-bond acceptors (Lipinski definition) is 5. The van der Waals surface area contributed by atoms with Gasteiger partial charge in [0, 0.05) is 12.1 Å². The Morgan fingerprint density at radius 2 is 1.78 bits per heavy atom. The number of fused-ring (bicyclic) bond motifs is 1. The molecule has 0 spiro atoms. The Balaban J connectivity index is 1.68. The molecular formula is C23H20F6N4O3. The van der Waals surface area contributed by atoms with Gasteiger partial charge in [-0.1, -0.05) is 12.1 Å². The van der Waals surface area contributed by atoms with Gasteiger partial charge < -0.3 is 20.1 Å². The average molecular weight is 514 g/mol. The Kier molecular flexibility index (Phi) is 6.50. The van der Waals surface area contributed by atoms with Crippen LogP contribution in [-0.2, 0) is 6.18 Å². The molecule has 0 aliphatic carbocycles. The lowest BCUT2D eigenvalue weighted by Crippen LogP contribution is -2.36. The zero-order chi connectivity index (χ0) is 26.3. The predicted octanol–water partition coefficient (Wildman–Crippen LogP) is 5.83. The van der Waals surface area contributed by atoms with E-state index in [1.807, 2.05) is 0 Å². The van der Waals surface area contributed by atoms with E-state index in [9.17, 15) is 31.1 Å². The minimum atomic E-state index is -4.69. The van der Waals surface area contributed by atoms with Crippen LogP contribution in [0.2, 0.25) is 0 Å². The lowest BCUT2D eigenvalue weighted by atomic mass is 9.96. The van der Waals surface area contributed by atoms with Crippen LogP contribution in [0.1, 0.15) is 40.0 Å². The van der Waals surface area contributed by atoms with Gasteiger partial charge in [-0.25, -0.2) is 4.68 Å². The van der Waals surface area contributed by atoms with E-state index < -0.39 is 42.3 Å². The summed E-state index contributed by atoms with van der Waals surface area (Å²) in [5.74, 6) is -0.442. The molecule has 0 fully saturated rings. The molecule has 0 saturated carbocycles. The van der Waals surface area contributed by atoms with Crippen LogP contribution in [0, 0.1) is 0 Å². The van der Waals surface area contributed by atoms with E-state index in [1.54, 1.807) is 12.1 Å². The van der Waals surface area contributed by atoms with Crippen LogP contribution in [0.15, 0.2) is 48.7 Å². The van der Waals surface area contributed by atoms with Crippen LogP contribution in [0.5, 0.6) is 11.5 Å². The van der Waals surface area contributed by atoms with Crippen molar-refractivity contribution < 1.29 is 40.6 Å². The Bertz CT molecular complexity index is 1270. The Morgan fingerprint density at radius 3 is 2.42 bits per heavy atom. The molecule has 0 radical (unpaired) electrons. The van der Waals surface area contributed by atoms with Crippen LogP contribution in [-0.4, -0.2) is 36.1 Å². The number of hydrogen-bond donors (Lipinski definition) is 2. The van der Waals surface area contributed by atoms with E-state index in [0.717, 1.165) is 24.4 Å². The second-order valence-electron chi connectivity index (χ2n) is 7.99. The number of carbonyl (C=O) groups is 1. The minimum Gasteiger partial charge on any atom is -0.493 e. The summed E-state index contributed by atoms with van der Waals surface area (Å²) in [6, 6.07) is 5.61. The van der Waals surface area contributed by atoms with Crippen LogP contribution in [0.25, 0.3) is 0 Å². The number of ether oxygens (including phenoxy) is 2. The van der Waals surface area contributed by atoms with Crippen molar-refractivity contribution in [2.24, 2.45) is 0 Å². The molecule has 0 unspecified atom stereocenters. The molecule has 192 valence electrons. The van der Waals surface area contributed by atoms with Gasteiger partial charge in [0.15, 0.2) is 17.5 Å². The van der Waals surface area contributed by atoms with Crippen molar-refractivity contribution in [2.45, 2.75) is 30.9 Å². The molecular weight excluding hydrogens is 494 g/mol. The Hall–Kier alpha value is -3.90. The molecule has 3 aromatic rings. The molecule has 2 atom stereocenters. The maximum atomic E-state index is 13.9. The normalized spacial score (nSPS) is 17.7. The van der Waals surface area contributed by atoms with Gasteiger partial charge in [-0.2, -0.15) is 31.4 Å². The molecule has 1 aliphatic rings. The first-order valence-electron chi connectivity index (χ1n) is 10.5. The summed E-state index contributed by atoms with van der Waals surface area (Å²) in [5, 5.41) is 8.98. The highest BCUT2D eigenvalue weighted by Gasteiger charge is 2.47. The molecule has 1 aliphatic heterocycles. The number of methoxy groups -OCH3 is 2. The number of alkyl halides is 6. The molecule has 36 heavy (non-hydrogen) atoms. The van der Waals surface area contributed by atoms with Gasteiger partial charge in [0.25, 0.3) is 5.91 Å². The summed E-state index contributed by atoms with van der Waals surface area (Å²) in [7, 11) is 2.81. The summed E-state index contributed by atoms with van der Waals surface area (Å²) >= 11 is 0. The quantitative estimate of drug-likeness (QED) is 0.419. The first-order chi connectivity index (χ1) is 16.9. The van der Waals surface area contributed by atoms with E-state index in [2.05, 4.69) is 15.7 Å². The van der Waals surface area contributed by atoms with E-state index in [0.29, 0.717) is 21.7 Å². The third-order valence-corrected chi connectivity index (χ3v) is 5.74. The van der Waals surface area contributed by atoms with Crippen LogP contribution in [0.3, 0.4) is 0 Å².